The number of ether oxygens (including phenoxy) is 1. The largest absolute Gasteiger partial charge is 0.454 e. The first-order chi connectivity index (χ1) is 13.4. The molecule has 0 spiro atoms. The predicted molar refractivity (Wildman–Crippen MR) is 97.2 cm³/mol. The Kier molecular flexibility index (Phi) is 5.82. The summed E-state index contributed by atoms with van der Waals surface area (Å²) in [6.45, 7) is 0.885. The van der Waals surface area contributed by atoms with Gasteiger partial charge in [-0.3, -0.25) is 19.3 Å². The van der Waals surface area contributed by atoms with E-state index >= 15 is 0 Å². The van der Waals surface area contributed by atoms with Gasteiger partial charge in [0.1, 0.15) is 11.6 Å². The molecule has 8 heteroatoms. The van der Waals surface area contributed by atoms with Crippen molar-refractivity contribution in [2.24, 2.45) is 11.8 Å². The highest BCUT2D eigenvalue weighted by atomic mass is 16.5. The van der Waals surface area contributed by atoms with Gasteiger partial charge < -0.3 is 10.1 Å². The number of nitrogens with one attached hydrogen (secondary N) is 1. The number of hydrogen-bond acceptors (Lipinski definition) is 6. The van der Waals surface area contributed by atoms with Crippen molar-refractivity contribution in [3.8, 4) is 6.07 Å². The fourth-order valence-electron chi connectivity index (χ4n) is 4.29. The maximum Gasteiger partial charge on any atom is 0.329 e. The average molecular weight is 387 g/mol. The standard InChI is InChI=1S/C20H25N3O5/c1-13(23-17(25)14-7-3-4-8-15(14)18(23)26)19(27)28-11-16(24)22-20(12-21)9-5-2-6-10-20/h3-4,13-15H,2,5-11H2,1H3,(H,22,24)/t13-,14-,15-/m0/s1. The summed E-state index contributed by atoms with van der Waals surface area (Å²) in [7, 11) is 0. The van der Waals surface area contributed by atoms with E-state index in [9.17, 15) is 24.4 Å². The second-order valence-corrected chi connectivity index (χ2v) is 7.79. The fourth-order valence-corrected chi connectivity index (χ4v) is 4.29. The van der Waals surface area contributed by atoms with Gasteiger partial charge >= 0.3 is 5.97 Å². The van der Waals surface area contributed by atoms with Crippen molar-refractivity contribution in [3.05, 3.63) is 12.2 Å². The molecule has 8 nitrogen and oxygen atoms in total. The number of imide groups is 1. The smallest absolute Gasteiger partial charge is 0.329 e. The Hall–Kier alpha value is -2.69. The molecule has 0 unspecified atom stereocenters. The van der Waals surface area contributed by atoms with Crippen molar-refractivity contribution >= 4 is 23.7 Å². The molecule has 2 aliphatic carbocycles. The number of hydrogen-bond donors (Lipinski definition) is 1. The summed E-state index contributed by atoms with van der Waals surface area (Å²) in [6.07, 6.45) is 8.64. The van der Waals surface area contributed by atoms with E-state index < -0.39 is 41.9 Å². The summed E-state index contributed by atoms with van der Waals surface area (Å²) in [5, 5.41) is 12.1. The molecular weight excluding hydrogens is 362 g/mol. The van der Waals surface area contributed by atoms with Crippen LogP contribution in [0, 0.1) is 23.2 Å². The molecule has 28 heavy (non-hydrogen) atoms. The average Bonchev–Trinajstić information content (AvgIpc) is 2.97. The molecule has 1 N–H and O–H groups in total. The van der Waals surface area contributed by atoms with Crippen molar-refractivity contribution < 1.29 is 23.9 Å². The zero-order chi connectivity index (χ0) is 20.3. The van der Waals surface area contributed by atoms with Crippen molar-refractivity contribution in [2.75, 3.05) is 6.61 Å². The van der Waals surface area contributed by atoms with Crippen LogP contribution in [0.2, 0.25) is 0 Å². The Labute approximate surface area is 163 Å². The van der Waals surface area contributed by atoms with Crippen LogP contribution < -0.4 is 5.32 Å². The highest BCUT2D eigenvalue weighted by Gasteiger charge is 2.50. The van der Waals surface area contributed by atoms with E-state index in [-0.39, 0.29) is 11.8 Å². The Morgan fingerprint density at radius 1 is 1.21 bits per heavy atom. The summed E-state index contributed by atoms with van der Waals surface area (Å²) >= 11 is 0. The van der Waals surface area contributed by atoms with Gasteiger partial charge in [0.2, 0.25) is 11.8 Å². The number of nitrogens with zero attached hydrogens (tertiary/aromatic N) is 2. The number of likely N-dealkylation sites (tertiary alicyclic amines) is 1. The lowest BCUT2D eigenvalue weighted by Crippen LogP contribution is -2.50. The van der Waals surface area contributed by atoms with Crippen molar-refractivity contribution in [3.63, 3.8) is 0 Å². The van der Waals surface area contributed by atoms with Crippen molar-refractivity contribution in [1.29, 1.82) is 5.26 Å². The minimum atomic E-state index is -1.09. The van der Waals surface area contributed by atoms with Crippen molar-refractivity contribution in [2.45, 2.75) is 63.5 Å². The Morgan fingerprint density at radius 3 is 2.32 bits per heavy atom. The molecule has 0 bridgehead atoms. The second kappa shape index (κ2) is 8.13. The molecule has 1 saturated heterocycles. The van der Waals surface area contributed by atoms with Gasteiger partial charge in [-0.1, -0.05) is 31.4 Å². The summed E-state index contributed by atoms with van der Waals surface area (Å²) < 4.78 is 5.04. The second-order valence-electron chi connectivity index (χ2n) is 7.79. The van der Waals surface area contributed by atoms with Gasteiger partial charge in [0.15, 0.2) is 6.61 Å². The summed E-state index contributed by atoms with van der Waals surface area (Å²) in [5.74, 6) is -2.92. The lowest BCUT2D eigenvalue weighted by molar-refractivity contribution is -0.159. The minimum absolute atomic E-state index is 0.362. The normalized spacial score (nSPS) is 26.9. The predicted octanol–water partition coefficient (Wildman–Crippen LogP) is 1.21. The molecule has 3 amide bonds. The third-order valence-electron chi connectivity index (χ3n) is 5.92. The van der Waals surface area contributed by atoms with Crippen LogP contribution in [0.5, 0.6) is 0 Å². The third-order valence-corrected chi connectivity index (χ3v) is 5.92. The first kappa shape index (κ1) is 20.1. The SMILES string of the molecule is C[C@@H](C(=O)OCC(=O)NC1(C#N)CCCCC1)N1C(=O)[C@H]2CC=CC[C@@H]2C1=O. The molecule has 3 aliphatic rings. The maximum absolute atomic E-state index is 12.5. The Morgan fingerprint density at radius 2 is 1.79 bits per heavy atom. The number of esters is 1. The molecule has 3 rings (SSSR count). The number of allylic oxidation sites excluding steroid dienone is 2. The molecule has 1 saturated carbocycles. The van der Waals surface area contributed by atoms with Gasteiger partial charge in [0.25, 0.3) is 5.91 Å². The fraction of sp³-hybridized carbons (Fsp3) is 0.650. The van der Waals surface area contributed by atoms with Crippen LogP contribution in [0.3, 0.4) is 0 Å². The van der Waals surface area contributed by atoms with Crippen molar-refractivity contribution in [1.82, 2.24) is 10.2 Å². The van der Waals surface area contributed by atoms with E-state index in [1.54, 1.807) is 0 Å². The zero-order valence-electron chi connectivity index (χ0n) is 16.0. The molecule has 0 radical (unpaired) electrons. The molecule has 0 aromatic heterocycles. The molecule has 0 aromatic carbocycles. The van der Waals surface area contributed by atoms with E-state index in [0.29, 0.717) is 25.7 Å². The lowest BCUT2D eigenvalue weighted by Gasteiger charge is -2.31. The number of carbonyl (C=O) groups is 4. The van der Waals surface area contributed by atoms with Crippen LogP contribution >= 0.6 is 0 Å². The molecule has 0 aromatic rings. The van der Waals surface area contributed by atoms with Gasteiger partial charge in [0, 0.05) is 0 Å². The molecular formula is C20H25N3O5. The summed E-state index contributed by atoms with van der Waals surface area (Å²) in [4.78, 5) is 50.5. The highest BCUT2D eigenvalue weighted by Crippen LogP contribution is 2.36. The number of rotatable bonds is 5. The number of fused-ring (bicyclic) bond motifs is 1. The van der Waals surface area contributed by atoms with Crippen LogP contribution in [0.25, 0.3) is 0 Å². The third kappa shape index (κ3) is 3.79. The van der Waals surface area contributed by atoms with E-state index in [1.165, 1.54) is 6.92 Å². The molecule has 3 atom stereocenters. The van der Waals surface area contributed by atoms with E-state index in [4.69, 9.17) is 4.74 Å². The van der Waals surface area contributed by atoms with E-state index in [1.807, 2.05) is 12.2 Å². The maximum atomic E-state index is 12.5. The monoisotopic (exact) mass is 387 g/mol. The van der Waals surface area contributed by atoms with Gasteiger partial charge in [-0.2, -0.15) is 5.26 Å². The van der Waals surface area contributed by atoms with Gasteiger partial charge in [0.05, 0.1) is 17.9 Å². The van der Waals surface area contributed by atoms with Gasteiger partial charge in [-0.05, 0) is 32.6 Å². The first-order valence-electron chi connectivity index (χ1n) is 9.79. The van der Waals surface area contributed by atoms with Gasteiger partial charge in [-0.15, -0.1) is 0 Å². The topological polar surface area (TPSA) is 117 Å². The highest BCUT2D eigenvalue weighted by molar-refractivity contribution is 6.08. The number of amides is 3. The Balaban J connectivity index is 1.54. The minimum Gasteiger partial charge on any atom is -0.454 e. The zero-order valence-corrected chi connectivity index (χ0v) is 16.0. The Bertz CT molecular complexity index is 721. The van der Waals surface area contributed by atoms with Crippen LogP contribution in [-0.4, -0.2) is 46.8 Å². The molecule has 150 valence electrons. The number of nitriles is 1. The lowest BCUT2D eigenvalue weighted by atomic mass is 9.83. The molecule has 1 aliphatic heterocycles. The number of carbonyl (C=O) groups excluding carboxylic acids is 4. The van der Waals surface area contributed by atoms with E-state index in [0.717, 1.165) is 24.2 Å². The van der Waals surface area contributed by atoms with Crippen LogP contribution in [0.1, 0.15) is 51.9 Å². The molecule has 1 heterocycles. The van der Waals surface area contributed by atoms with Gasteiger partial charge in [-0.25, -0.2) is 4.79 Å². The first-order valence-corrected chi connectivity index (χ1v) is 9.79. The van der Waals surface area contributed by atoms with Crippen LogP contribution in [0.4, 0.5) is 0 Å². The summed E-state index contributed by atoms with van der Waals surface area (Å²) in [5.41, 5.74) is -0.906. The summed E-state index contributed by atoms with van der Waals surface area (Å²) in [6, 6.07) is 1.08. The van der Waals surface area contributed by atoms with Crippen LogP contribution in [0.15, 0.2) is 12.2 Å². The van der Waals surface area contributed by atoms with E-state index in [2.05, 4.69) is 11.4 Å². The molecule has 2 fully saturated rings. The van der Waals surface area contributed by atoms with Crippen LogP contribution in [-0.2, 0) is 23.9 Å². The quantitative estimate of drug-likeness (QED) is 0.431.